The summed E-state index contributed by atoms with van der Waals surface area (Å²) in [7, 11) is 2.13. The molecule has 1 aliphatic rings. The molecule has 0 aliphatic carbocycles. The summed E-state index contributed by atoms with van der Waals surface area (Å²) in [5.74, 6) is -0.154. The van der Waals surface area contributed by atoms with Crippen molar-refractivity contribution in [1.82, 2.24) is 10.2 Å². The largest absolute Gasteiger partial charge is 0.369 e. The van der Waals surface area contributed by atoms with E-state index in [0.29, 0.717) is 15.8 Å². The van der Waals surface area contributed by atoms with Gasteiger partial charge in [0.2, 0.25) is 5.91 Å². The number of piperazine rings is 1. The first-order valence-electron chi connectivity index (χ1n) is 9.09. The van der Waals surface area contributed by atoms with Crippen molar-refractivity contribution in [2.75, 3.05) is 38.1 Å². The Morgan fingerprint density at radius 1 is 1.07 bits per heavy atom. The topological polar surface area (TPSA) is 52.6 Å². The van der Waals surface area contributed by atoms with Gasteiger partial charge in [-0.1, -0.05) is 29.8 Å². The molecule has 1 aromatic heterocycles. The highest BCUT2D eigenvalue weighted by molar-refractivity contribution is 7.18. The molecule has 1 N–H and O–H groups in total. The van der Waals surface area contributed by atoms with E-state index in [0.717, 1.165) is 31.7 Å². The van der Waals surface area contributed by atoms with Gasteiger partial charge in [-0.15, -0.1) is 11.3 Å². The summed E-state index contributed by atoms with van der Waals surface area (Å²) in [5.41, 5.74) is 2.28. The molecule has 0 saturated carbocycles. The molecule has 0 radical (unpaired) electrons. The number of likely N-dealkylation sites (N-methyl/N-ethyl adjacent to an activating group) is 1. The van der Waals surface area contributed by atoms with E-state index in [-0.39, 0.29) is 24.5 Å². The molecule has 1 aromatic carbocycles. The zero-order valence-electron chi connectivity index (χ0n) is 15.4. The van der Waals surface area contributed by atoms with Crippen molar-refractivity contribution < 1.29 is 9.59 Å². The number of para-hydroxylation sites is 1. The number of benzene rings is 1. The summed E-state index contributed by atoms with van der Waals surface area (Å²) in [5, 5.41) is 2.95. The highest BCUT2D eigenvalue weighted by Gasteiger charge is 2.17. The molecule has 0 unspecified atom stereocenters. The summed E-state index contributed by atoms with van der Waals surface area (Å²) >= 11 is 7.10. The highest BCUT2D eigenvalue weighted by Crippen LogP contribution is 2.23. The Labute approximate surface area is 168 Å². The minimum Gasteiger partial charge on any atom is -0.369 e. The molecule has 1 amide bonds. The molecular weight excluding hydrogens is 382 g/mol. The molecule has 27 heavy (non-hydrogen) atoms. The fourth-order valence-corrected chi connectivity index (χ4v) is 4.12. The molecule has 0 bridgehead atoms. The van der Waals surface area contributed by atoms with Crippen LogP contribution in [0.25, 0.3) is 0 Å². The van der Waals surface area contributed by atoms with Crippen LogP contribution in [0.4, 0.5) is 5.69 Å². The Bertz CT molecular complexity index is 800. The number of nitrogens with one attached hydrogen (secondary N) is 1. The van der Waals surface area contributed by atoms with Crippen LogP contribution in [-0.2, 0) is 11.3 Å². The molecular formula is C20H24ClN3O2S. The number of hydrogen-bond donors (Lipinski definition) is 1. The van der Waals surface area contributed by atoms with Crippen molar-refractivity contribution >= 4 is 40.3 Å². The van der Waals surface area contributed by atoms with E-state index in [1.165, 1.54) is 17.0 Å². The number of nitrogens with zero attached hydrogens (tertiary/aromatic N) is 2. The second-order valence-electron chi connectivity index (χ2n) is 6.72. The SMILES string of the molecule is CN1CCN(c2ccccc2CNC(=O)CCC(=O)c2ccc(Cl)s2)CC1. The lowest BCUT2D eigenvalue weighted by Gasteiger charge is -2.35. The van der Waals surface area contributed by atoms with E-state index < -0.39 is 0 Å². The lowest BCUT2D eigenvalue weighted by atomic mass is 10.1. The van der Waals surface area contributed by atoms with Gasteiger partial charge in [0.15, 0.2) is 5.78 Å². The average molecular weight is 406 g/mol. The summed E-state index contributed by atoms with van der Waals surface area (Å²) in [6, 6.07) is 11.6. The first-order chi connectivity index (χ1) is 13.0. The van der Waals surface area contributed by atoms with Crippen molar-refractivity contribution in [3.05, 3.63) is 51.2 Å². The van der Waals surface area contributed by atoms with Gasteiger partial charge < -0.3 is 15.1 Å². The number of halogens is 1. The number of carbonyl (C=O) groups excluding carboxylic acids is 2. The number of anilines is 1. The predicted molar refractivity (Wildman–Crippen MR) is 111 cm³/mol. The molecule has 1 aliphatic heterocycles. The van der Waals surface area contributed by atoms with E-state index in [1.54, 1.807) is 12.1 Å². The number of hydrogen-bond acceptors (Lipinski definition) is 5. The van der Waals surface area contributed by atoms with Gasteiger partial charge in [-0.25, -0.2) is 0 Å². The van der Waals surface area contributed by atoms with Crippen molar-refractivity contribution in [2.45, 2.75) is 19.4 Å². The summed E-state index contributed by atoms with van der Waals surface area (Å²) in [6.45, 7) is 4.52. The van der Waals surface area contributed by atoms with Crippen LogP contribution in [0.1, 0.15) is 28.1 Å². The third-order valence-corrected chi connectivity index (χ3v) is 6.01. The van der Waals surface area contributed by atoms with Gasteiger partial charge in [-0.2, -0.15) is 0 Å². The lowest BCUT2D eigenvalue weighted by molar-refractivity contribution is -0.121. The van der Waals surface area contributed by atoms with Crippen LogP contribution in [0.3, 0.4) is 0 Å². The smallest absolute Gasteiger partial charge is 0.220 e. The van der Waals surface area contributed by atoms with Crippen LogP contribution >= 0.6 is 22.9 Å². The average Bonchev–Trinajstić information content (AvgIpc) is 3.12. The van der Waals surface area contributed by atoms with Crippen molar-refractivity contribution in [2.24, 2.45) is 0 Å². The van der Waals surface area contributed by atoms with Crippen LogP contribution in [0, 0.1) is 0 Å². The van der Waals surface area contributed by atoms with Crippen LogP contribution in [-0.4, -0.2) is 49.8 Å². The molecule has 2 aromatic rings. The molecule has 2 heterocycles. The molecule has 0 spiro atoms. The minimum atomic E-state index is -0.112. The molecule has 1 fully saturated rings. The number of rotatable bonds is 7. The molecule has 1 saturated heterocycles. The van der Waals surface area contributed by atoms with Gasteiger partial charge in [0.1, 0.15) is 0 Å². The fraction of sp³-hybridized carbons (Fsp3) is 0.400. The standard InChI is InChI=1S/C20H24ClN3O2S/c1-23-10-12-24(13-11-23)16-5-3-2-4-15(16)14-22-20(26)9-6-17(25)18-7-8-19(21)27-18/h2-5,7-8H,6,9-14H2,1H3,(H,22,26). The van der Waals surface area contributed by atoms with Gasteiger partial charge in [0.05, 0.1) is 9.21 Å². The molecule has 5 nitrogen and oxygen atoms in total. The lowest BCUT2D eigenvalue weighted by Crippen LogP contribution is -2.45. The summed E-state index contributed by atoms with van der Waals surface area (Å²) in [6.07, 6.45) is 0.383. The predicted octanol–water partition coefficient (Wildman–Crippen LogP) is 3.43. The van der Waals surface area contributed by atoms with Gasteiger partial charge in [-0.05, 0) is 30.8 Å². The van der Waals surface area contributed by atoms with Crippen LogP contribution in [0.2, 0.25) is 4.34 Å². The van der Waals surface area contributed by atoms with Gasteiger partial charge in [0.25, 0.3) is 0 Å². The second-order valence-corrected chi connectivity index (χ2v) is 8.44. The van der Waals surface area contributed by atoms with E-state index in [4.69, 9.17) is 11.6 Å². The fourth-order valence-electron chi connectivity index (χ4n) is 3.11. The van der Waals surface area contributed by atoms with Gasteiger partial charge in [0, 0.05) is 51.3 Å². The Kier molecular flexibility index (Phi) is 6.88. The maximum Gasteiger partial charge on any atom is 0.220 e. The van der Waals surface area contributed by atoms with E-state index >= 15 is 0 Å². The van der Waals surface area contributed by atoms with Crippen molar-refractivity contribution in [3.8, 4) is 0 Å². The number of Topliss-reactive ketones (excluding diaryl/α,β-unsaturated/α-hetero) is 1. The monoisotopic (exact) mass is 405 g/mol. The molecule has 0 atom stereocenters. The first kappa shape index (κ1) is 19.9. The number of thiophene rings is 1. The summed E-state index contributed by atoms with van der Waals surface area (Å²) < 4.78 is 0.586. The Hall–Kier alpha value is -1.89. The highest BCUT2D eigenvalue weighted by atomic mass is 35.5. The normalized spacial score (nSPS) is 15.0. The Morgan fingerprint density at radius 2 is 1.81 bits per heavy atom. The zero-order chi connectivity index (χ0) is 19.2. The third kappa shape index (κ3) is 5.54. The Morgan fingerprint density at radius 3 is 2.52 bits per heavy atom. The maximum absolute atomic E-state index is 12.2. The van der Waals surface area contributed by atoms with E-state index in [1.807, 2.05) is 18.2 Å². The molecule has 7 heteroatoms. The Balaban J connectivity index is 1.51. The van der Waals surface area contributed by atoms with Crippen molar-refractivity contribution in [1.29, 1.82) is 0 Å². The first-order valence-corrected chi connectivity index (χ1v) is 10.3. The number of carbonyl (C=O) groups is 2. The van der Waals surface area contributed by atoms with Gasteiger partial charge in [-0.3, -0.25) is 9.59 Å². The van der Waals surface area contributed by atoms with Crippen LogP contribution in [0.15, 0.2) is 36.4 Å². The van der Waals surface area contributed by atoms with Crippen LogP contribution in [0.5, 0.6) is 0 Å². The molecule has 3 rings (SSSR count). The van der Waals surface area contributed by atoms with Gasteiger partial charge >= 0.3 is 0 Å². The summed E-state index contributed by atoms with van der Waals surface area (Å²) in [4.78, 5) is 29.6. The quantitative estimate of drug-likeness (QED) is 0.717. The second kappa shape index (κ2) is 9.35. The maximum atomic E-state index is 12.2. The number of ketones is 1. The third-order valence-electron chi connectivity index (χ3n) is 4.74. The molecule has 144 valence electrons. The van der Waals surface area contributed by atoms with Crippen LogP contribution < -0.4 is 10.2 Å². The minimum absolute atomic E-state index is 0.0418. The van der Waals surface area contributed by atoms with E-state index in [2.05, 4.69) is 28.2 Å². The number of amides is 1. The zero-order valence-corrected chi connectivity index (χ0v) is 17.0. The van der Waals surface area contributed by atoms with E-state index in [9.17, 15) is 9.59 Å². The van der Waals surface area contributed by atoms with Crippen molar-refractivity contribution in [3.63, 3.8) is 0 Å².